The van der Waals surface area contributed by atoms with Gasteiger partial charge in [-0.2, -0.15) is 5.26 Å². The van der Waals surface area contributed by atoms with E-state index < -0.39 is 6.69 Å². The lowest BCUT2D eigenvalue weighted by atomic mass is 10.6. The molecule has 0 saturated heterocycles. The van der Waals surface area contributed by atoms with Crippen LogP contribution < -0.4 is 0 Å². The SMILES string of the molecule is C[Si](Cl)(Cl)CCC#N. The molecule has 0 radical (unpaired) electrons. The van der Waals surface area contributed by atoms with Gasteiger partial charge in [0, 0.05) is 6.42 Å². The number of nitrogens with zero attached hydrogens (tertiary/aromatic N) is 1. The third kappa shape index (κ3) is 6.29. The first-order valence-corrected chi connectivity index (χ1v) is 7.04. The normalized spacial score (nSPS) is 10.8. The van der Waals surface area contributed by atoms with E-state index in [1.54, 1.807) is 0 Å². The first kappa shape index (κ1) is 8.29. The lowest BCUT2D eigenvalue weighted by Gasteiger charge is -2.04. The van der Waals surface area contributed by atoms with Gasteiger partial charge in [0.15, 0.2) is 0 Å². The maximum Gasteiger partial charge on any atom is 0.249 e. The molecule has 0 aromatic carbocycles. The molecular weight excluding hydrogens is 161 g/mol. The third-order valence-corrected chi connectivity index (χ3v) is 2.94. The Morgan fingerprint density at radius 1 is 1.62 bits per heavy atom. The summed E-state index contributed by atoms with van der Waals surface area (Å²) in [6.45, 7) is -0.143. The lowest BCUT2D eigenvalue weighted by molar-refractivity contribution is 1.19. The highest BCUT2D eigenvalue weighted by molar-refractivity contribution is 7.44. The summed E-state index contributed by atoms with van der Waals surface area (Å²) in [5.74, 6) is 0. The monoisotopic (exact) mass is 167 g/mol. The molecule has 0 atom stereocenters. The Labute approximate surface area is 59.6 Å². The molecule has 0 aliphatic rings. The Balaban J connectivity index is 3.28. The van der Waals surface area contributed by atoms with Gasteiger partial charge in [-0.15, -0.1) is 22.2 Å². The molecule has 0 amide bonds. The van der Waals surface area contributed by atoms with Crippen molar-refractivity contribution >= 4 is 28.9 Å². The van der Waals surface area contributed by atoms with Gasteiger partial charge >= 0.3 is 0 Å². The minimum atomic E-state index is -1.96. The van der Waals surface area contributed by atoms with Crippen molar-refractivity contribution in [1.82, 2.24) is 0 Å². The Morgan fingerprint density at radius 2 is 2.12 bits per heavy atom. The van der Waals surface area contributed by atoms with Gasteiger partial charge in [-0.3, -0.25) is 0 Å². The molecular formula is C4H7Cl2NSi. The predicted molar refractivity (Wildman–Crippen MR) is 38.4 cm³/mol. The zero-order valence-corrected chi connectivity index (χ0v) is 7.13. The van der Waals surface area contributed by atoms with Crippen molar-refractivity contribution in [3.8, 4) is 6.07 Å². The number of hydrogen-bond acceptors (Lipinski definition) is 1. The minimum absolute atomic E-state index is 0.482. The van der Waals surface area contributed by atoms with Crippen molar-refractivity contribution in [1.29, 1.82) is 5.26 Å². The fourth-order valence-corrected chi connectivity index (χ4v) is 1.39. The van der Waals surface area contributed by atoms with E-state index >= 15 is 0 Å². The minimum Gasteiger partial charge on any atom is -0.198 e. The van der Waals surface area contributed by atoms with E-state index in [1.807, 2.05) is 12.6 Å². The molecule has 0 aliphatic carbocycles. The van der Waals surface area contributed by atoms with Crippen molar-refractivity contribution in [2.45, 2.75) is 19.0 Å². The second-order valence-corrected chi connectivity index (χ2v) is 9.95. The zero-order valence-electron chi connectivity index (χ0n) is 4.62. The maximum absolute atomic E-state index is 8.08. The summed E-state index contributed by atoms with van der Waals surface area (Å²) < 4.78 is 0. The fraction of sp³-hybridized carbons (Fsp3) is 0.750. The van der Waals surface area contributed by atoms with Crippen molar-refractivity contribution in [3.63, 3.8) is 0 Å². The average Bonchev–Trinajstić information content (AvgIpc) is 1.59. The van der Waals surface area contributed by atoms with E-state index in [2.05, 4.69) is 0 Å². The maximum atomic E-state index is 8.08. The third-order valence-electron chi connectivity index (χ3n) is 0.676. The van der Waals surface area contributed by atoms with E-state index in [0.29, 0.717) is 12.5 Å². The number of halogens is 2. The molecule has 0 aromatic heterocycles. The van der Waals surface area contributed by atoms with Crippen molar-refractivity contribution in [2.75, 3.05) is 0 Å². The van der Waals surface area contributed by atoms with Crippen LogP contribution in [-0.4, -0.2) is 6.69 Å². The molecule has 0 unspecified atom stereocenters. The van der Waals surface area contributed by atoms with Gasteiger partial charge in [0.25, 0.3) is 0 Å². The Hall–Kier alpha value is 0.287. The number of hydrogen-bond donors (Lipinski definition) is 0. The van der Waals surface area contributed by atoms with Gasteiger partial charge in [-0.25, -0.2) is 0 Å². The van der Waals surface area contributed by atoms with Crippen molar-refractivity contribution < 1.29 is 0 Å². The van der Waals surface area contributed by atoms with E-state index in [4.69, 9.17) is 27.4 Å². The van der Waals surface area contributed by atoms with Crippen LogP contribution >= 0.6 is 22.2 Å². The van der Waals surface area contributed by atoms with Crippen molar-refractivity contribution in [3.05, 3.63) is 0 Å². The van der Waals surface area contributed by atoms with Crippen LogP contribution in [0.4, 0.5) is 0 Å². The molecule has 0 fully saturated rings. The van der Waals surface area contributed by atoms with E-state index in [1.165, 1.54) is 0 Å². The molecule has 1 nitrogen and oxygen atoms in total. The number of nitriles is 1. The summed E-state index contributed by atoms with van der Waals surface area (Å²) in [7, 11) is 0. The lowest BCUT2D eigenvalue weighted by Crippen LogP contribution is -2.10. The summed E-state index contributed by atoms with van der Waals surface area (Å²) in [6, 6.07) is 2.66. The van der Waals surface area contributed by atoms with Crippen LogP contribution in [-0.2, 0) is 0 Å². The largest absolute Gasteiger partial charge is 0.249 e. The topological polar surface area (TPSA) is 23.8 Å². The van der Waals surface area contributed by atoms with E-state index in [-0.39, 0.29) is 0 Å². The molecule has 0 aromatic rings. The van der Waals surface area contributed by atoms with Crippen LogP contribution in [0.3, 0.4) is 0 Å². The quantitative estimate of drug-likeness (QED) is 0.459. The fourth-order valence-electron chi connectivity index (χ4n) is 0.275. The highest BCUT2D eigenvalue weighted by Gasteiger charge is 2.19. The molecule has 0 rings (SSSR count). The van der Waals surface area contributed by atoms with Gasteiger partial charge < -0.3 is 0 Å². The predicted octanol–water partition coefficient (Wildman–Crippen LogP) is 2.45. The summed E-state index contributed by atoms with van der Waals surface area (Å²) in [5.41, 5.74) is 0. The van der Waals surface area contributed by atoms with Crippen LogP contribution in [0.5, 0.6) is 0 Å². The summed E-state index contributed by atoms with van der Waals surface area (Å²) in [5, 5.41) is 8.08. The summed E-state index contributed by atoms with van der Waals surface area (Å²) >= 11 is 11.3. The smallest absolute Gasteiger partial charge is 0.198 e. The van der Waals surface area contributed by atoms with Gasteiger partial charge in [0.05, 0.1) is 6.07 Å². The highest BCUT2D eigenvalue weighted by Crippen LogP contribution is 2.20. The van der Waals surface area contributed by atoms with Gasteiger partial charge in [0.2, 0.25) is 6.69 Å². The summed E-state index contributed by atoms with van der Waals surface area (Å²) in [6.07, 6.45) is 0.482. The van der Waals surface area contributed by atoms with Gasteiger partial charge in [0.1, 0.15) is 0 Å². The summed E-state index contributed by atoms with van der Waals surface area (Å²) in [4.78, 5) is 0. The van der Waals surface area contributed by atoms with E-state index in [9.17, 15) is 0 Å². The molecule has 0 aliphatic heterocycles. The average molecular weight is 168 g/mol. The molecule has 4 heteroatoms. The standard InChI is InChI=1S/C4H7Cl2NSi/c1-8(5,6)4-2-3-7/h2,4H2,1H3. The molecule has 0 saturated carbocycles. The Morgan fingerprint density at radius 3 is 2.25 bits per heavy atom. The molecule has 8 heavy (non-hydrogen) atoms. The molecule has 0 spiro atoms. The Kier molecular flexibility index (Phi) is 3.46. The number of rotatable bonds is 2. The second-order valence-electron chi connectivity index (χ2n) is 1.73. The Bertz CT molecular complexity index is 102. The molecule has 0 heterocycles. The molecule has 46 valence electrons. The van der Waals surface area contributed by atoms with Crippen LogP contribution in [0.1, 0.15) is 6.42 Å². The van der Waals surface area contributed by atoms with Gasteiger partial charge in [-0.05, 0) is 12.6 Å². The molecule has 0 N–H and O–H groups in total. The van der Waals surface area contributed by atoms with Crippen LogP contribution in [0, 0.1) is 11.3 Å². The first-order valence-electron chi connectivity index (χ1n) is 2.31. The first-order chi connectivity index (χ1) is 3.56. The second kappa shape index (κ2) is 3.34. The highest BCUT2D eigenvalue weighted by atomic mass is 35.7. The van der Waals surface area contributed by atoms with Crippen LogP contribution in [0.15, 0.2) is 0 Å². The van der Waals surface area contributed by atoms with Gasteiger partial charge in [-0.1, -0.05) is 0 Å². The molecule has 0 bridgehead atoms. The van der Waals surface area contributed by atoms with Crippen molar-refractivity contribution in [2.24, 2.45) is 0 Å². The van der Waals surface area contributed by atoms with Crippen LogP contribution in [0.25, 0.3) is 0 Å². The van der Waals surface area contributed by atoms with E-state index in [0.717, 1.165) is 0 Å². The zero-order chi connectivity index (χ0) is 6.62. The van der Waals surface area contributed by atoms with Crippen LogP contribution in [0.2, 0.25) is 12.6 Å².